The molecule has 0 heterocycles. The molecule has 0 unspecified atom stereocenters. The fourth-order valence-corrected chi connectivity index (χ4v) is 0.199. The number of aliphatic hydroxyl groups is 1. The van der Waals surface area contributed by atoms with Gasteiger partial charge in [-0.15, -0.1) is 0 Å². The number of carbonyl (C=O) groups is 2. The molecule has 0 aromatic rings. The van der Waals surface area contributed by atoms with E-state index in [1.54, 1.807) is 0 Å². The molecular weight excluding hydrogens is 108 g/mol. The van der Waals surface area contributed by atoms with Gasteiger partial charge in [-0.2, -0.15) is 0 Å². The summed E-state index contributed by atoms with van der Waals surface area (Å²) in [6.07, 6.45) is 2.54. The number of ketones is 1. The van der Waals surface area contributed by atoms with Gasteiger partial charge in [0.2, 0.25) is 0 Å². The van der Waals surface area contributed by atoms with Crippen molar-refractivity contribution in [3.05, 3.63) is 12.2 Å². The van der Waals surface area contributed by atoms with E-state index < -0.39 is 12.4 Å². The van der Waals surface area contributed by atoms with E-state index in [9.17, 15) is 9.59 Å². The quantitative estimate of drug-likeness (QED) is 0.390. The molecule has 0 aliphatic heterocycles. The summed E-state index contributed by atoms with van der Waals surface area (Å²) in [6.45, 7) is -0.537. The molecule has 0 atom stereocenters. The minimum absolute atomic E-state index is 0.461. The normalized spacial score (nSPS) is 9.62. The van der Waals surface area contributed by atoms with Crippen molar-refractivity contribution in [1.82, 2.24) is 0 Å². The van der Waals surface area contributed by atoms with Crippen LogP contribution in [0.1, 0.15) is 0 Å². The Balaban J connectivity index is 3.52. The molecule has 0 spiro atoms. The van der Waals surface area contributed by atoms with Crippen LogP contribution in [0, 0.1) is 0 Å². The largest absolute Gasteiger partial charge is 0.388 e. The van der Waals surface area contributed by atoms with E-state index in [0.29, 0.717) is 6.29 Å². The van der Waals surface area contributed by atoms with Gasteiger partial charge in [0.15, 0.2) is 5.78 Å². The second-order valence-corrected chi connectivity index (χ2v) is 1.12. The second kappa shape index (κ2) is 4.21. The number of hydrogen-bond donors (Lipinski definition) is 1. The first-order valence-corrected chi connectivity index (χ1v) is 2.06. The van der Waals surface area contributed by atoms with Crippen LogP contribution in [-0.4, -0.2) is 23.8 Å². The van der Waals surface area contributed by atoms with Gasteiger partial charge in [-0.1, -0.05) is 0 Å². The van der Waals surface area contributed by atoms with Crippen LogP contribution in [0.15, 0.2) is 12.2 Å². The standard InChI is InChI=1S/C5H6O3/c6-3-1-2-5(8)4-7/h1-3,7H,4H2/b2-1+. The van der Waals surface area contributed by atoms with Gasteiger partial charge in [0.25, 0.3) is 0 Å². The predicted molar refractivity (Wildman–Crippen MR) is 27.3 cm³/mol. The highest BCUT2D eigenvalue weighted by molar-refractivity contribution is 5.93. The third-order valence-corrected chi connectivity index (χ3v) is 0.517. The zero-order chi connectivity index (χ0) is 6.41. The first-order chi connectivity index (χ1) is 3.81. The highest BCUT2D eigenvalue weighted by Crippen LogP contribution is 1.70. The second-order valence-electron chi connectivity index (χ2n) is 1.12. The number of rotatable bonds is 3. The summed E-state index contributed by atoms with van der Waals surface area (Å²) < 4.78 is 0. The molecule has 0 radical (unpaired) electrons. The monoisotopic (exact) mass is 114 g/mol. The Bertz CT molecular complexity index is 115. The first-order valence-electron chi connectivity index (χ1n) is 2.06. The van der Waals surface area contributed by atoms with E-state index in [4.69, 9.17) is 5.11 Å². The Morgan fingerprint density at radius 2 is 2.25 bits per heavy atom. The summed E-state index contributed by atoms with van der Waals surface area (Å²) in [7, 11) is 0. The van der Waals surface area contributed by atoms with Gasteiger partial charge in [-0.3, -0.25) is 9.59 Å². The fourth-order valence-electron chi connectivity index (χ4n) is 0.199. The van der Waals surface area contributed by atoms with Crippen LogP contribution in [0.2, 0.25) is 0 Å². The predicted octanol–water partition coefficient (Wildman–Crippen LogP) is -0.697. The van der Waals surface area contributed by atoms with Crippen molar-refractivity contribution in [3.8, 4) is 0 Å². The van der Waals surface area contributed by atoms with Gasteiger partial charge in [-0.05, 0) is 12.2 Å². The molecule has 3 nitrogen and oxygen atoms in total. The summed E-state index contributed by atoms with van der Waals surface area (Å²) in [6, 6.07) is 0. The fraction of sp³-hybridized carbons (Fsp3) is 0.200. The molecule has 0 bridgehead atoms. The number of carbonyl (C=O) groups excluding carboxylic acids is 2. The third-order valence-electron chi connectivity index (χ3n) is 0.517. The summed E-state index contributed by atoms with van der Waals surface area (Å²) in [5, 5.41) is 8.04. The molecule has 8 heavy (non-hydrogen) atoms. The van der Waals surface area contributed by atoms with Gasteiger partial charge in [0.05, 0.1) is 0 Å². The average molecular weight is 114 g/mol. The SMILES string of the molecule is O=C/C=C/C(=O)CO. The molecule has 1 N–H and O–H groups in total. The van der Waals surface area contributed by atoms with Crippen LogP contribution in [-0.2, 0) is 9.59 Å². The van der Waals surface area contributed by atoms with E-state index in [0.717, 1.165) is 12.2 Å². The summed E-state index contributed by atoms with van der Waals surface area (Å²) in [5.74, 6) is -0.461. The molecule has 3 heteroatoms. The Morgan fingerprint density at radius 1 is 1.62 bits per heavy atom. The van der Waals surface area contributed by atoms with E-state index in [2.05, 4.69) is 0 Å². The molecule has 0 aliphatic carbocycles. The molecule has 0 rings (SSSR count). The Kier molecular flexibility index (Phi) is 3.70. The molecule has 0 aromatic heterocycles. The van der Waals surface area contributed by atoms with Crippen molar-refractivity contribution in [1.29, 1.82) is 0 Å². The van der Waals surface area contributed by atoms with Crippen molar-refractivity contribution in [2.75, 3.05) is 6.61 Å². The van der Waals surface area contributed by atoms with Crippen LogP contribution >= 0.6 is 0 Å². The van der Waals surface area contributed by atoms with E-state index in [-0.39, 0.29) is 0 Å². The highest BCUT2D eigenvalue weighted by Gasteiger charge is 1.86. The minimum atomic E-state index is -0.537. The molecule has 0 fully saturated rings. The molecule has 0 saturated heterocycles. The maximum absolute atomic E-state index is 10.1. The lowest BCUT2D eigenvalue weighted by atomic mass is 10.4. The molecule has 44 valence electrons. The Hall–Kier alpha value is -0.960. The lowest BCUT2D eigenvalue weighted by molar-refractivity contribution is -0.117. The topological polar surface area (TPSA) is 54.4 Å². The molecular formula is C5H6O3. The lowest BCUT2D eigenvalue weighted by Gasteiger charge is -1.78. The molecule has 0 amide bonds. The van der Waals surface area contributed by atoms with Crippen molar-refractivity contribution < 1.29 is 14.7 Å². The summed E-state index contributed by atoms with van der Waals surface area (Å²) in [5.41, 5.74) is 0. The zero-order valence-electron chi connectivity index (χ0n) is 4.20. The van der Waals surface area contributed by atoms with Crippen LogP contribution < -0.4 is 0 Å². The lowest BCUT2D eigenvalue weighted by Crippen LogP contribution is -1.97. The Morgan fingerprint density at radius 3 is 2.62 bits per heavy atom. The zero-order valence-corrected chi connectivity index (χ0v) is 4.20. The van der Waals surface area contributed by atoms with E-state index in [1.807, 2.05) is 0 Å². The van der Waals surface area contributed by atoms with Crippen LogP contribution in [0.5, 0.6) is 0 Å². The molecule has 0 aliphatic rings. The maximum atomic E-state index is 10.1. The van der Waals surface area contributed by atoms with Crippen LogP contribution in [0.4, 0.5) is 0 Å². The smallest absolute Gasteiger partial charge is 0.181 e. The molecule has 0 aromatic carbocycles. The number of aldehydes is 1. The first kappa shape index (κ1) is 7.04. The van der Waals surface area contributed by atoms with Crippen LogP contribution in [0.3, 0.4) is 0 Å². The van der Waals surface area contributed by atoms with Gasteiger partial charge in [0.1, 0.15) is 12.9 Å². The van der Waals surface area contributed by atoms with E-state index in [1.165, 1.54) is 0 Å². The minimum Gasteiger partial charge on any atom is -0.388 e. The Labute approximate surface area is 46.6 Å². The van der Waals surface area contributed by atoms with Crippen molar-refractivity contribution >= 4 is 12.1 Å². The van der Waals surface area contributed by atoms with Crippen LogP contribution in [0.25, 0.3) is 0 Å². The number of allylic oxidation sites excluding steroid dienone is 1. The number of aliphatic hydroxyl groups excluding tert-OH is 1. The van der Waals surface area contributed by atoms with E-state index >= 15 is 0 Å². The summed E-state index contributed by atoms with van der Waals surface area (Å²) >= 11 is 0. The van der Waals surface area contributed by atoms with Gasteiger partial charge in [0, 0.05) is 0 Å². The molecule has 0 saturated carbocycles. The van der Waals surface area contributed by atoms with Crippen molar-refractivity contribution in [2.45, 2.75) is 0 Å². The van der Waals surface area contributed by atoms with Crippen molar-refractivity contribution in [3.63, 3.8) is 0 Å². The number of hydrogen-bond acceptors (Lipinski definition) is 3. The van der Waals surface area contributed by atoms with Gasteiger partial charge >= 0.3 is 0 Å². The maximum Gasteiger partial charge on any atom is 0.181 e. The average Bonchev–Trinajstić information content (AvgIpc) is 1.83. The van der Waals surface area contributed by atoms with Gasteiger partial charge < -0.3 is 5.11 Å². The third kappa shape index (κ3) is 3.24. The highest BCUT2D eigenvalue weighted by atomic mass is 16.3. The summed E-state index contributed by atoms with van der Waals surface area (Å²) in [4.78, 5) is 19.6. The van der Waals surface area contributed by atoms with Crippen molar-refractivity contribution in [2.24, 2.45) is 0 Å². The van der Waals surface area contributed by atoms with Gasteiger partial charge in [-0.25, -0.2) is 0 Å².